The minimum atomic E-state index is -3.67. The Balaban J connectivity index is 0.000000567. The molecular formula is C23H29F3N6. The van der Waals surface area contributed by atoms with Crippen molar-refractivity contribution in [1.29, 1.82) is 5.26 Å². The van der Waals surface area contributed by atoms with E-state index in [-0.39, 0.29) is 0 Å². The Bertz CT molecular complexity index is 944. The molecule has 1 aromatic heterocycles. The Kier molecular flexibility index (Phi) is 7.11. The van der Waals surface area contributed by atoms with E-state index in [1.54, 1.807) is 12.4 Å². The lowest BCUT2D eigenvalue weighted by Gasteiger charge is -2.39. The Morgan fingerprint density at radius 2 is 1.81 bits per heavy atom. The molecule has 0 bridgehead atoms. The first kappa shape index (κ1) is 22.7. The number of aromatic nitrogens is 2. The van der Waals surface area contributed by atoms with Gasteiger partial charge in [0.2, 0.25) is 0 Å². The largest absolute Gasteiger partial charge is 0.379 e. The molecule has 1 N–H and O–H groups in total. The number of anilines is 1. The molecule has 0 saturated carbocycles. The van der Waals surface area contributed by atoms with Crippen LogP contribution in [0.5, 0.6) is 0 Å². The number of nitrogens with zero attached hydrogens (tertiary/aromatic N) is 5. The number of likely N-dealkylation sites (tertiary alicyclic amines) is 1. The van der Waals surface area contributed by atoms with Crippen LogP contribution in [0, 0.1) is 22.7 Å². The third kappa shape index (κ3) is 5.13. The number of benzene rings is 1. The van der Waals surface area contributed by atoms with Gasteiger partial charge in [-0.05, 0) is 68.8 Å². The predicted octanol–water partition coefficient (Wildman–Crippen LogP) is 3.58. The highest BCUT2D eigenvalue weighted by atomic mass is 19.4. The van der Waals surface area contributed by atoms with Gasteiger partial charge in [0.25, 0.3) is 0 Å². The number of fused-ring (bicyclic) bond motifs is 1. The highest BCUT2D eigenvalue weighted by molar-refractivity contribution is 5.92. The lowest BCUT2D eigenvalue weighted by atomic mass is 9.77. The monoisotopic (exact) mass is 446 g/mol. The van der Waals surface area contributed by atoms with Gasteiger partial charge in [0.05, 0.1) is 11.3 Å². The van der Waals surface area contributed by atoms with Gasteiger partial charge in [0.15, 0.2) is 0 Å². The first-order chi connectivity index (χ1) is 15.5. The maximum Gasteiger partial charge on any atom is 0.379 e. The van der Waals surface area contributed by atoms with Crippen molar-refractivity contribution in [2.24, 2.45) is 11.3 Å². The van der Waals surface area contributed by atoms with Crippen LogP contribution in [0.3, 0.4) is 0 Å². The molecule has 0 amide bonds. The summed E-state index contributed by atoms with van der Waals surface area (Å²) in [6.45, 7) is 4.61. The van der Waals surface area contributed by atoms with E-state index in [2.05, 4.69) is 37.2 Å². The summed E-state index contributed by atoms with van der Waals surface area (Å²) < 4.78 is 29.0. The van der Waals surface area contributed by atoms with E-state index in [0.717, 1.165) is 29.8 Å². The summed E-state index contributed by atoms with van der Waals surface area (Å²) in [5.74, 6) is 0.707. The van der Waals surface area contributed by atoms with Crippen molar-refractivity contribution >= 4 is 16.7 Å². The Labute approximate surface area is 186 Å². The van der Waals surface area contributed by atoms with Gasteiger partial charge in [-0.25, -0.2) is 0 Å². The van der Waals surface area contributed by atoms with E-state index in [4.69, 9.17) is 0 Å². The van der Waals surface area contributed by atoms with Crippen LogP contribution < -0.4 is 10.2 Å². The fourth-order valence-electron chi connectivity index (χ4n) is 5.39. The molecule has 0 aliphatic carbocycles. The Morgan fingerprint density at radius 1 is 1.09 bits per heavy atom. The van der Waals surface area contributed by atoms with Gasteiger partial charge >= 0.3 is 6.68 Å². The molecule has 172 valence electrons. The van der Waals surface area contributed by atoms with Gasteiger partial charge in [0, 0.05) is 38.6 Å². The van der Waals surface area contributed by atoms with Crippen LogP contribution in [-0.2, 0) is 0 Å². The lowest BCUT2D eigenvalue weighted by molar-refractivity contribution is 0.00819. The third-order valence-electron chi connectivity index (χ3n) is 7.12. The van der Waals surface area contributed by atoms with E-state index in [1.165, 1.54) is 58.4 Å². The van der Waals surface area contributed by atoms with Crippen LogP contribution in [-0.4, -0.2) is 67.4 Å². The second kappa shape index (κ2) is 10.0. The summed E-state index contributed by atoms with van der Waals surface area (Å²) in [7, 11) is 0. The SMILES string of the molecule is FC(F)F.N#Cc1ccc(N2CCC(CN3CCC4(CCNC4)CC3)C2)c2nccnc12. The zero-order chi connectivity index (χ0) is 22.6. The number of hydrogen-bond donors (Lipinski definition) is 1. The van der Waals surface area contributed by atoms with Crippen LogP contribution in [0.1, 0.15) is 31.2 Å². The number of hydrogen-bond acceptors (Lipinski definition) is 6. The topological polar surface area (TPSA) is 68.1 Å². The van der Waals surface area contributed by atoms with Crippen molar-refractivity contribution in [2.75, 3.05) is 50.7 Å². The highest BCUT2D eigenvalue weighted by Crippen LogP contribution is 2.37. The second-order valence-electron chi connectivity index (χ2n) is 9.07. The molecular weight excluding hydrogens is 417 g/mol. The summed E-state index contributed by atoms with van der Waals surface area (Å²) in [6, 6.07) is 6.18. The van der Waals surface area contributed by atoms with Crippen molar-refractivity contribution < 1.29 is 13.2 Å². The van der Waals surface area contributed by atoms with Crippen LogP contribution in [0.15, 0.2) is 24.5 Å². The molecule has 1 unspecified atom stereocenters. The molecule has 32 heavy (non-hydrogen) atoms. The van der Waals surface area contributed by atoms with E-state index >= 15 is 0 Å². The van der Waals surface area contributed by atoms with Gasteiger partial charge in [-0.15, -0.1) is 0 Å². The zero-order valence-corrected chi connectivity index (χ0v) is 18.1. The standard InChI is InChI=1S/C22H28N6.CHF3/c23-13-18-1-2-19(21-20(18)25-8-9-26-21)28-10-3-17(15-28)14-27-11-5-22(6-12-27)4-7-24-16-22;2-1(3)4/h1-2,8-9,17,24H,3-7,10-12,14-16H2;1H. The highest BCUT2D eigenvalue weighted by Gasteiger charge is 2.37. The molecule has 2 aromatic rings. The molecule has 9 heteroatoms. The Morgan fingerprint density at radius 3 is 2.47 bits per heavy atom. The molecule has 5 rings (SSSR count). The molecule has 0 radical (unpaired) electrons. The quantitative estimate of drug-likeness (QED) is 0.777. The first-order valence-corrected chi connectivity index (χ1v) is 11.2. The molecule has 6 nitrogen and oxygen atoms in total. The number of piperidine rings is 1. The fourth-order valence-corrected chi connectivity index (χ4v) is 5.39. The number of nitrogens with one attached hydrogen (secondary N) is 1. The van der Waals surface area contributed by atoms with Crippen molar-refractivity contribution in [1.82, 2.24) is 20.2 Å². The minimum absolute atomic E-state index is 0.596. The van der Waals surface area contributed by atoms with Gasteiger partial charge in [0.1, 0.15) is 17.1 Å². The number of halogens is 3. The minimum Gasteiger partial charge on any atom is -0.369 e. The molecule has 3 saturated heterocycles. The molecule has 3 aliphatic heterocycles. The number of nitriles is 1. The van der Waals surface area contributed by atoms with Gasteiger partial charge in [-0.1, -0.05) is 0 Å². The summed E-state index contributed by atoms with van der Waals surface area (Å²) >= 11 is 0. The maximum atomic E-state index is 9.67. The van der Waals surface area contributed by atoms with Crippen LogP contribution in [0.4, 0.5) is 18.9 Å². The summed E-state index contributed by atoms with van der Waals surface area (Å²) in [5, 5.41) is 12.9. The third-order valence-corrected chi connectivity index (χ3v) is 7.12. The normalized spacial score (nSPS) is 22.8. The van der Waals surface area contributed by atoms with Crippen molar-refractivity contribution in [3.8, 4) is 6.07 Å². The second-order valence-corrected chi connectivity index (χ2v) is 9.07. The average molecular weight is 447 g/mol. The first-order valence-electron chi connectivity index (χ1n) is 11.2. The van der Waals surface area contributed by atoms with Crippen molar-refractivity contribution in [3.05, 3.63) is 30.1 Å². The predicted molar refractivity (Wildman–Crippen MR) is 117 cm³/mol. The van der Waals surface area contributed by atoms with Crippen molar-refractivity contribution in [3.63, 3.8) is 0 Å². The molecule has 3 aliphatic rings. The van der Waals surface area contributed by atoms with Crippen LogP contribution in [0.2, 0.25) is 0 Å². The lowest BCUT2D eigenvalue weighted by Crippen LogP contribution is -2.43. The molecule has 1 spiro atoms. The van der Waals surface area contributed by atoms with Gasteiger partial charge in [-0.3, -0.25) is 9.97 Å². The van der Waals surface area contributed by atoms with Crippen LogP contribution >= 0.6 is 0 Å². The van der Waals surface area contributed by atoms with E-state index in [1.807, 2.05) is 6.07 Å². The number of alkyl halides is 3. The molecule has 3 fully saturated rings. The maximum absolute atomic E-state index is 9.67. The van der Waals surface area contributed by atoms with Gasteiger partial charge < -0.3 is 15.1 Å². The number of rotatable bonds is 3. The van der Waals surface area contributed by atoms with Crippen molar-refractivity contribution in [2.45, 2.75) is 32.4 Å². The van der Waals surface area contributed by atoms with Gasteiger partial charge in [-0.2, -0.15) is 18.4 Å². The van der Waals surface area contributed by atoms with Crippen LogP contribution in [0.25, 0.3) is 11.0 Å². The Hall–Kier alpha value is -2.44. The van der Waals surface area contributed by atoms with E-state index in [0.29, 0.717) is 16.9 Å². The molecule has 4 heterocycles. The van der Waals surface area contributed by atoms with E-state index < -0.39 is 6.68 Å². The summed E-state index contributed by atoms with van der Waals surface area (Å²) in [4.78, 5) is 14.1. The molecule has 1 aromatic carbocycles. The summed E-state index contributed by atoms with van der Waals surface area (Å²) in [6.07, 6.45) is 8.69. The van der Waals surface area contributed by atoms with E-state index in [9.17, 15) is 18.4 Å². The average Bonchev–Trinajstić information content (AvgIpc) is 3.44. The fraction of sp³-hybridized carbons (Fsp3) is 0.609. The molecule has 1 atom stereocenters. The zero-order valence-electron chi connectivity index (χ0n) is 18.1. The smallest absolute Gasteiger partial charge is 0.369 e. The summed E-state index contributed by atoms with van der Waals surface area (Å²) in [5.41, 5.74) is 3.90.